The van der Waals surface area contributed by atoms with E-state index in [2.05, 4.69) is 121 Å². The number of unbranched alkanes of at least 4 members (excludes halogenated alkanes) is 4. The number of hydrogen-bond donors (Lipinski definition) is 0. The summed E-state index contributed by atoms with van der Waals surface area (Å²) in [5.74, 6) is 3.67. The number of ether oxygens (including phenoxy) is 3. The van der Waals surface area contributed by atoms with Gasteiger partial charge in [0, 0.05) is 76.5 Å². The standard InChI is InChI=1S/C36H72N2O3.C20H40N2O3.C16H32N2O3/c1-9-17-21-31(13-5)25-37(26-32(14-6)22-18-10-2)35(39)29-41-30-36(40)38(27-33(15-7)23-19-11-3)28-34(16-8)24-20-12-4;1-15(2)9-21(10-16(3)4)19(23)13-25-14-20(24)22(11-17(5)6)12-18(7)8;1-11(2)17(12(3)4)15(19)9-21-10-16(20)18(13(5)6)14(7)8/h31-34H,9-30H2,1-8H3;15-18H,9-14H2,1-8H3;11-14H,9-10H2,1-8H3. The van der Waals surface area contributed by atoms with Crippen LogP contribution in [0.25, 0.3) is 0 Å². The van der Waals surface area contributed by atoms with Gasteiger partial charge in [-0.25, -0.2) is 0 Å². The lowest BCUT2D eigenvalue weighted by Gasteiger charge is -2.32. The van der Waals surface area contributed by atoms with Gasteiger partial charge in [-0.15, -0.1) is 0 Å². The lowest BCUT2D eigenvalue weighted by atomic mass is 9.95. The summed E-state index contributed by atoms with van der Waals surface area (Å²) in [5.41, 5.74) is 0. The zero-order valence-electron chi connectivity index (χ0n) is 61.5. The molecule has 0 rings (SSSR count). The maximum absolute atomic E-state index is 13.5. The van der Waals surface area contributed by atoms with E-state index >= 15 is 0 Å². The van der Waals surface area contributed by atoms with Gasteiger partial charge in [-0.1, -0.05) is 188 Å². The van der Waals surface area contributed by atoms with E-state index in [-0.39, 0.29) is 99.3 Å². The van der Waals surface area contributed by atoms with Crippen LogP contribution in [0.15, 0.2) is 0 Å². The summed E-state index contributed by atoms with van der Waals surface area (Å²) in [6.45, 7) is 56.5. The van der Waals surface area contributed by atoms with Crippen LogP contribution in [0.3, 0.4) is 0 Å². The molecule has 15 heteroatoms. The summed E-state index contributed by atoms with van der Waals surface area (Å²) >= 11 is 0. The van der Waals surface area contributed by atoms with Crippen molar-refractivity contribution in [2.75, 3.05) is 92.0 Å². The zero-order valence-corrected chi connectivity index (χ0v) is 61.5. The summed E-state index contributed by atoms with van der Waals surface area (Å²) in [6.07, 6.45) is 18.7. The molecule has 516 valence electrons. The van der Waals surface area contributed by atoms with Crippen molar-refractivity contribution in [1.29, 1.82) is 0 Å². The molecule has 0 bridgehead atoms. The summed E-state index contributed by atoms with van der Waals surface area (Å²) in [5, 5.41) is 0. The monoisotopic (exact) mass is 1240 g/mol. The van der Waals surface area contributed by atoms with Gasteiger partial charge in [-0.2, -0.15) is 0 Å². The van der Waals surface area contributed by atoms with Crippen molar-refractivity contribution in [1.82, 2.24) is 29.4 Å². The first-order chi connectivity index (χ1) is 40.9. The summed E-state index contributed by atoms with van der Waals surface area (Å²) in [6, 6.07) is 0.499. The van der Waals surface area contributed by atoms with E-state index in [9.17, 15) is 28.8 Å². The molecule has 0 radical (unpaired) electrons. The fraction of sp³-hybridized carbons (Fsp3) is 0.917. The second kappa shape index (κ2) is 53.4. The smallest absolute Gasteiger partial charge is 0.249 e. The maximum atomic E-state index is 13.5. The quantitative estimate of drug-likeness (QED) is 0.0580. The highest BCUT2D eigenvalue weighted by molar-refractivity contribution is 5.81. The van der Waals surface area contributed by atoms with Crippen molar-refractivity contribution in [2.45, 2.75) is 293 Å². The van der Waals surface area contributed by atoms with E-state index in [1.165, 1.54) is 77.0 Å². The summed E-state index contributed by atoms with van der Waals surface area (Å²) in [4.78, 5) is 87.4. The first-order valence-corrected chi connectivity index (χ1v) is 35.4. The van der Waals surface area contributed by atoms with Gasteiger partial charge < -0.3 is 43.6 Å². The van der Waals surface area contributed by atoms with Crippen LogP contribution in [0.1, 0.15) is 269 Å². The molecule has 0 aliphatic carbocycles. The molecule has 4 atom stereocenters. The Morgan fingerprint density at radius 1 is 0.264 bits per heavy atom. The first-order valence-electron chi connectivity index (χ1n) is 35.4. The minimum absolute atomic E-state index is 0.00802. The predicted octanol–water partition coefficient (Wildman–Crippen LogP) is 15.1. The Morgan fingerprint density at radius 2 is 0.437 bits per heavy atom. The van der Waals surface area contributed by atoms with Gasteiger partial charge in [0.25, 0.3) is 0 Å². The third kappa shape index (κ3) is 43.9. The molecule has 4 unspecified atom stereocenters. The molecule has 87 heavy (non-hydrogen) atoms. The van der Waals surface area contributed by atoms with Crippen LogP contribution >= 0.6 is 0 Å². The largest absolute Gasteiger partial charge is 0.362 e. The van der Waals surface area contributed by atoms with Crippen LogP contribution in [0.4, 0.5) is 0 Å². The van der Waals surface area contributed by atoms with E-state index in [1.54, 1.807) is 9.80 Å². The third-order valence-electron chi connectivity index (χ3n) is 16.0. The first kappa shape index (κ1) is 87.9. The highest BCUT2D eigenvalue weighted by atomic mass is 16.5. The minimum Gasteiger partial charge on any atom is -0.362 e. The SMILES string of the molecule is CC(C)CN(CC(C)C)C(=O)COCC(=O)N(CC(C)C)CC(C)C.CC(C)N(C(=O)COCC(=O)N(C(C)C)C(C)C)C(C)C.CCCCC(CC)CN(CC(CC)CCCC)C(=O)COCC(=O)N(CC(CC)CCCC)CC(CC)CCCC. The van der Waals surface area contributed by atoms with E-state index in [0.717, 1.165) is 78.0 Å². The van der Waals surface area contributed by atoms with Crippen molar-refractivity contribution in [3.05, 3.63) is 0 Å². The molecule has 0 heterocycles. The minimum atomic E-state index is -0.0755. The fourth-order valence-electron chi connectivity index (χ4n) is 11.3. The van der Waals surface area contributed by atoms with Crippen molar-refractivity contribution in [3.8, 4) is 0 Å². The van der Waals surface area contributed by atoms with Gasteiger partial charge in [0.1, 0.15) is 39.6 Å². The number of nitrogens with zero attached hydrogens (tertiary/aromatic N) is 6. The van der Waals surface area contributed by atoms with Crippen molar-refractivity contribution < 1.29 is 43.0 Å². The number of hydrogen-bond acceptors (Lipinski definition) is 9. The van der Waals surface area contributed by atoms with Crippen molar-refractivity contribution in [2.24, 2.45) is 47.3 Å². The molecule has 0 saturated heterocycles. The van der Waals surface area contributed by atoms with Crippen LogP contribution in [-0.2, 0) is 43.0 Å². The predicted molar refractivity (Wildman–Crippen MR) is 366 cm³/mol. The highest BCUT2D eigenvalue weighted by Gasteiger charge is 2.27. The van der Waals surface area contributed by atoms with Gasteiger partial charge >= 0.3 is 0 Å². The summed E-state index contributed by atoms with van der Waals surface area (Å²) < 4.78 is 16.7. The normalized spacial score (nSPS) is 13.0. The Morgan fingerprint density at radius 3 is 0.586 bits per heavy atom. The Labute approximate surface area is 538 Å². The zero-order chi connectivity index (χ0) is 67.2. The number of amides is 6. The molecule has 0 aromatic rings. The second-order valence-electron chi connectivity index (χ2n) is 27.9. The van der Waals surface area contributed by atoms with Gasteiger partial charge in [-0.05, 0) is 128 Å². The molecule has 0 saturated carbocycles. The van der Waals surface area contributed by atoms with Gasteiger partial charge in [-0.3, -0.25) is 28.8 Å². The molecule has 0 aliphatic heterocycles. The molecular weight excluding hydrogens is 1090 g/mol. The molecule has 0 fully saturated rings. The third-order valence-corrected chi connectivity index (χ3v) is 16.0. The molecule has 6 amide bonds. The fourth-order valence-corrected chi connectivity index (χ4v) is 11.3. The topological polar surface area (TPSA) is 150 Å². The average Bonchev–Trinajstić information content (AvgIpc) is 3.66. The number of carbonyl (C=O) groups excluding carboxylic acids is 6. The Bertz CT molecular complexity index is 1550. The van der Waals surface area contributed by atoms with E-state index in [1.807, 2.05) is 65.2 Å². The number of carbonyl (C=O) groups is 6. The highest BCUT2D eigenvalue weighted by Crippen LogP contribution is 2.22. The van der Waals surface area contributed by atoms with E-state index < -0.39 is 0 Å². The van der Waals surface area contributed by atoms with E-state index in [4.69, 9.17) is 14.2 Å². The Kier molecular flexibility index (Phi) is 53.9. The van der Waals surface area contributed by atoms with Crippen LogP contribution in [0.2, 0.25) is 0 Å². The van der Waals surface area contributed by atoms with Crippen molar-refractivity contribution in [3.63, 3.8) is 0 Å². The molecule has 0 aliphatic rings. The van der Waals surface area contributed by atoms with Crippen LogP contribution in [0, 0.1) is 47.3 Å². The van der Waals surface area contributed by atoms with Gasteiger partial charge in [0.05, 0.1) is 0 Å². The average molecular weight is 1240 g/mol. The van der Waals surface area contributed by atoms with Crippen molar-refractivity contribution >= 4 is 35.4 Å². The Hall–Kier alpha value is -3.30. The maximum Gasteiger partial charge on any atom is 0.249 e. The van der Waals surface area contributed by atoms with E-state index in [0.29, 0.717) is 47.3 Å². The van der Waals surface area contributed by atoms with Gasteiger partial charge in [0.2, 0.25) is 35.4 Å². The molecule has 0 spiro atoms. The lowest BCUT2D eigenvalue weighted by Crippen LogP contribution is -2.46. The second-order valence-corrected chi connectivity index (χ2v) is 27.9. The van der Waals surface area contributed by atoms with Crippen LogP contribution in [-0.4, -0.2) is 181 Å². The van der Waals surface area contributed by atoms with Gasteiger partial charge in [0.15, 0.2) is 0 Å². The molecule has 0 aromatic carbocycles. The molecule has 0 aromatic heterocycles. The number of rotatable bonds is 48. The molecule has 15 nitrogen and oxygen atoms in total. The molecular formula is C72H144N6O9. The molecule has 0 N–H and O–H groups in total. The lowest BCUT2D eigenvalue weighted by molar-refractivity contribution is -0.146. The van der Waals surface area contributed by atoms with Crippen LogP contribution in [0.5, 0.6) is 0 Å². The van der Waals surface area contributed by atoms with Crippen LogP contribution < -0.4 is 0 Å². The Balaban J connectivity index is -0.00000131. The summed E-state index contributed by atoms with van der Waals surface area (Å²) in [7, 11) is 0.